The highest BCUT2D eigenvalue weighted by atomic mass is 35.5. The van der Waals surface area contributed by atoms with Crippen LogP contribution in [0.25, 0.3) is 11.5 Å². The van der Waals surface area contributed by atoms with Crippen LogP contribution in [0, 0.1) is 5.92 Å². The van der Waals surface area contributed by atoms with Crippen molar-refractivity contribution in [3.05, 3.63) is 39.0 Å². The first-order chi connectivity index (χ1) is 15.3. The molecule has 1 aromatic carbocycles. The summed E-state index contributed by atoms with van der Waals surface area (Å²) in [7, 11) is -2.23. The summed E-state index contributed by atoms with van der Waals surface area (Å²) in [6.45, 7) is 0.382. The van der Waals surface area contributed by atoms with Crippen molar-refractivity contribution in [1.82, 2.24) is 14.5 Å². The summed E-state index contributed by atoms with van der Waals surface area (Å²) in [5, 5.41) is 10.3. The number of amides is 1. The lowest BCUT2D eigenvalue weighted by molar-refractivity contribution is -0.121. The quantitative estimate of drug-likeness (QED) is 0.522. The molecule has 2 aromatic heterocycles. The summed E-state index contributed by atoms with van der Waals surface area (Å²) in [6, 6.07) is 7.64. The van der Waals surface area contributed by atoms with Gasteiger partial charge < -0.3 is 9.15 Å². The van der Waals surface area contributed by atoms with Crippen molar-refractivity contribution < 1.29 is 22.4 Å². The molecule has 170 valence electrons. The fourth-order valence-electron chi connectivity index (χ4n) is 3.35. The largest absolute Gasteiger partial charge is 0.497 e. The Bertz CT molecular complexity index is 1230. The summed E-state index contributed by atoms with van der Waals surface area (Å²) in [5.74, 6) is -0.277. The van der Waals surface area contributed by atoms with Crippen LogP contribution >= 0.6 is 34.5 Å². The zero-order valence-corrected chi connectivity index (χ0v) is 19.9. The van der Waals surface area contributed by atoms with Gasteiger partial charge in [0.05, 0.1) is 27.8 Å². The first-order valence-electron chi connectivity index (χ1n) is 9.51. The molecule has 1 unspecified atom stereocenters. The molecule has 0 saturated carbocycles. The van der Waals surface area contributed by atoms with Crippen molar-refractivity contribution >= 4 is 56.5 Å². The first-order valence-corrected chi connectivity index (χ1v) is 12.5. The van der Waals surface area contributed by atoms with Crippen LogP contribution in [-0.2, 0) is 14.8 Å². The number of rotatable bonds is 6. The highest BCUT2D eigenvalue weighted by Gasteiger charge is 2.34. The third kappa shape index (κ3) is 4.76. The van der Waals surface area contributed by atoms with Crippen LogP contribution in [0.1, 0.15) is 12.8 Å². The lowest BCUT2D eigenvalue weighted by Gasteiger charge is -2.30. The number of hydrogen-bond donors (Lipinski definition) is 1. The standard InChI is InChI=1S/C19H18Cl2N4O5S2/c1-29-12-4-6-13(7-5-12)32(27,28)25-8-2-3-11(10-25)17(26)22-19-24-23-18(30-19)14-9-15(20)31-16(14)21/h4-7,9,11H,2-3,8,10H2,1H3,(H,22,24,26). The van der Waals surface area contributed by atoms with E-state index in [0.717, 1.165) is 11.3 Å². The Balaban J connectivity index is 1.44. The average Bonchev–Trinajstić information content (AvgIpc) is 3.39. The lowest BCUT2D eigenvalue weighted by atomic mass is 9.99. The Labute approximate surface area is 198 Å². The Morgan fingerprint density at radius 2 is 2.03 bits per heavy atom. The van der Waals surface area contributed by atoms with Crippen LogP contribution in [0.2, 0.25) is 8.67 Å². The number of nitrogens with one attached hydrogen (secondary N) is 1. The Morgan fingerprint density at radius 3 is 2.69 bits per heavy atom. The van der Waals surface area contributed by atoms with Gasteiger partial charge in [-0.15, -0.1) is 16.4 Å². The van der Waals surface area contributed by atoms with Crippen LogP contribution < -0.4 is 10.1 Å². The molecule has 0 aliphatic carbocycles. The van der Waals surface area contributed by atoms with Crippen LogP contribution in [-0.4, -0.2) is 49.0 Å². The molecule has 32 heavy (non-hydrogen) atoms. The Morgan fingerprint density at radius 1 is 1.28 bits per heavy atom. The van der Waals surface area contributed by atoms with Gasteiger partial charge in [-0.25, -0.2) is 8.42 Å². The fraction of sp³-hybridized carbons (Fsp3) is 0.316. The maximum Gasteiger partial charge on any atom is 0.322 e. The average molecular weight is 517 g/mol. The molecule has 9 nitrogen and oxygen atoms in total. The number of carbonyl (C=O) groups is 1. The topological polar surface area (TPSA) is 115 Å². The minimum absolute atomic E-state index is 0.0488. The molecule has 1 N–H and O–H groups in total. The minimum Gasteiger partial charge on any atom is -0.497 e. The number of methoxy groups -OCH3 is 1. The molecule has 1 fully saturated rings. The van der Waals surface area contributed by atoms with Gasteiger partial charge in [-0.1, -0.05) is 28.3 Å². The van der Waals surface area contributed by atoms with Crippen molar-refractivity contribution in [1.29, 1.82) is 0 Å². The van der Waals surface area contributed by atoms with Gasteiger partial charge in [0.15, 0.2) is 0 Å². The van der Waals surface area contributed by atoms with E-state index in [1.807, 2.05) is 0 Å². The summed E-state index contributed by atoms with van der Waals surface area (Å²) in [5.41, 5.74) is 0.476. The normalized spacial score (nSPS) is 17.3. The van der Waals surface area contributed by atoms with Gasteiger partial charge in [-0.2, -0.15) is 4.31 Å². The summed E-state index contributed by atoms with van der Waals surface area (Å²) in [4.78, 5) is 12.9. The predicted octanol–water partition coefficient (Wildman–Crippen LogP) is 4.15. The molecule has 1 aliphatic heterocycles. The minimum atomic E-state index is -3.74. The van der Waals surface area contributed by atoms with Gasteiger partial charge in [0.1, 0.15) is 10.1 Å². The smallest absolute Gasteiger partial charge is 0.322 e. The molecule has 13 heteroatoms. The number of sulfonamides is 1. The third-order valence-electron chi connectivity index (χ3n) is 4.99. The van der Waals surface area contributed by atoms with Crippen molar-refractivity contribution in [3.8, 4) is 17.2 Å². The van der Waals surface area contributed by atoms with Crippen molar-refractivity contribution in [3.63, 3.8) is 0 Å². The molecule has 1 amide bonds. The number of nitrogens with zero attached hydrogens (tertiary/aromatic N) is 3. The van der Waals surface area contributed by atoms with Gasteiger partial charge in [0.2, 0.25) is 15.9 Å². The number of hydrogen-bond acceptors (Lipinski definition) is 8. The molecule has 0 radical (unpaired) electrons. The number of halogens is 2. The van der Waals surface area contributed by atoms with Crippen molar-refractivity contribution in [2.45, 2.75) is 17.7 Å². The molecule has 0 bridgehead atoms. The van der Waals surface area contributed by atoms with Crippen molar-refractivity contribution in [2.75, 3.05) is 25.5 Å². The highest BCUT2D eigenvalue weighted by molar-refractivity contribution is 7.89. The number of aromatic nitrogens is 2. The van der Waals surface area contributed by atoms with E-state index in [-0.39, 0.29) is 23.3 Å². The first kappa shape index (κ1) is 23.0. The Kier molecular flexibility index (Phi) is 6.72. The molecular weight excluding hydrogens is 499 g/mol. The molecular formula is C19H18Cl2N4O5S2. The molecule has 0 spiro atoms. The maximum atomic E-state index is 13.0. The molecule has 4 rings (SSSR count). The molecule has 3 aromatic rings. The zero-order valence-electron chi connectivity index (χ0n) is 16.7. The number of benzene rings is 1. The number of piperidine rings is 1. The van der Waals surface area contributed by atoms with E-state index in [4.69, 9.17) is 32.4 Å². The second kappa shape index (κ2) is 9.36. The van der Waals surface area contributed by atoms with E-state index >= 15 is 0 Å². The third-order valence-corrected chi connectivity index (χ3v) is 8.36. The van der Waals surface area contributed by atoms with Gasteiger partial charge in [-0.3, -0.25) is 10.1 Å². The van der Waals surface area contributed by atoms with Crippen LogP contribution in [0.3, 0.4) is 0 Å². The van der Waals surface area contributed by atoms with Gasteiger partial charge in [-0.05, 0) is 43.2 Å². The molecule has 1 atom stereocenters. The summed E-state index contributed by atoms with van der Waals surface area (Å²) < 4.78 is 38.7. The SMILES string of the molecule is COc1ccc(S(=O)(=O)N2CCCC(C(=O)Nc3nnc(-c4cc(Cl)sc4Cl)o3)C2)cc1. The van der Waals surface area contributed by atoms with E-state index in [1.54, 1.807) is 18.2 Å². The van der Waals surface area contributed by atoms with E-state index in [1.165, 1.54) is 23.5 Å². The lowest BCUT2D eigenvalue weighted by Crippen LogP contribution is -2.43. The van der Waals surface area contributed by atoms with E-state index < -0.39 is 21.8 Å². The molecule has 3 heterocycles. The van der Waals surface area contributed by atoms with E-state index in [9.17, 15) is 13.2 Å². The second-order valence-electron chi connectivity index (χ2n) is 7.02. The number of anilines is 1. The van der Waals surface area contributed by atoms with Gasteiger partial charge in [0.25, 0.3) is 5.89 Å². The monoisotopic (exact) mass is 516 g/mol. The van der Waals surface area contributed by atoms with Crippen molar-refractivity contribution in [2.24, 2.45) is 5.92 Å². The summed E-state index contributed by atoms with van der Waals surface area (Å²) >= 11 is 13.2. The second-order valence-corrected chi connectivity index (χ2v) is 11.2. The fourth-order valence-corrected chi connectivity index (χ4v) is 6.32. The molecule has 1 aliphatic rings. The predicted molar refractivity (Wildman–Crippen MR) is 121 cm³/mol. The van der Waals surface area contributed by atoms with Crippen LogP contribution in [0.4, 0.5) is 6.01 Å². The van der Waals surface area contributed by atoms with Gasteiger partial charge in [0, 0.05) is 13.1 Å². The number of thiophene rings is 1. The summed E-state index contributed by atoms with van der Waals surface area (Å²) in [6.07, 6.45) is 1.08. The maximum absolute atomic E-state index is 13.0. The van der Waals surface area contributed by atoms with E-state index in [0.29, 0.717) is 39.4 Å². The zero-order chi connectivity index (χ0) is 22.9. The number of ether oxygens (including phenoxy) is 1. The Hall–Kier alpha value is -2.18. The highest BCUT2D eigenvalue weighted by Crippen LogP contribution is 2.38. The van der Waals surface area contributed by atoms with E-state index in [2.05, 4.69) is 15.5 Å². The number of carbonyl (C=O) groups excluding carboxylic acids is 1. The van der Waals surface area contributed by atoms with Gasteiger partial charge >= 0.3 is 6.01 Å². The van der Waals surface area contributed by atoms with Crippen LogP contribution in [0.15, 0.2) is 39.6 Å². The van der Waals surface area contributed by atoms with Crippen LogP contribution in [0.5, 0.6) is 5.75 Å². The molecule has 1 saturated heterocycles.